The highest BCUT2D eigenvalue weighted by Crippen LogP contribution is 2.28. The SMILES string of the molecule is CCCNC(=O)C1CCCN(C(=O)c2nn(-c3ccccc3)c3c2CCCCC3)C1. The van der Waals surface area contributed by atoms with Crippen LogP contribution in [0.15, 0.2) is 30.3 Å². The molecular formula is C24H32N4O2. The Morgan fingerprint density at radius 1 is 1.10 bits per heavy atom. The zero-order valence-electron chi connectivity index (χ0n) is 17.9. The molecule has 160 valence electrons. The smallest absolute Gasteiger partial charge is 0.274 e. The summed E-state index contributed by atoms with van der Waals surface area (Å²) in [6.45, 7) is 3.93. The number of amides is 2. The minimum atomic E-state index is -0.121. The average molecular weight is 409 g/mol. The van der Waals surface area contributed by atoms with Crippen molar-refractivity contribution in [2.45, 2.75) is 58.3 Å². The Bertz CT molecular complexity index is 890. The second-order valence-electron chi connectivity index (χ2n) is 8.46. The second kappa shape index (κ2) is 9.45. The van der Waals surface area contributed by atoms with Crippen LogP contribution in [0, 0.1) is 5.92 Å². The molecule has 4 rings (SSSR count). The van der Waals surface area contributed by atoms with Crippen molar-refractivity contribution in [2.75, 3.05) is 19.6 Å². The van der Waals surface area contributed by atoms with Crippen molar-refractivity contribution >= 4 is 11.8 Å². The molecule has 6 nitrogen and oxygen atoms in total. The summed E-state index contributed by atoms with van der Waals surface area (Å²) in [6.07, 6.45) is 7.88. The summed E-state index contributed by atoms with van der Waals surface area (Å²) in [5, 5.41) is 7.81. The first kappa shape index (κ1) is 20.6. The van der Waals surface area contributed by atoms with Gasteiger partial charge in [-0.05, 0) is 57.1 Å². The Labute approximate surface area is 178 Å². The molecule has 6 heteroatoms. The molecule has 1 aliphatic carbocycles. The van der Waals surface area contributed by atoms with Gasteiger partial charge in [0.05, 0.1) is 11.6 Å². The first-order valence-corrected chi connectivity index (χ1v) is 11.4. The average Bonchev–Trinajstić information content (AvgIpc) is 2.98. The molecule has 0 spiro atoms. The summed E-state index contributed by atoms with van der Waals surface area (Å²) in [6, 6.07) is 10.1. The molecule has 2 aliphatic rings. The van der Waals surface area contributed by atoms with Crippen LogP contribution < -0.4 is 5.32 Å². The molecule has 2 aromatic rings. The highest BCUT2D eigenvalue weighted by atomic mass is 16.2. The third-order valence-electron chi connectivity index (χ3n) is 6.26. The van der Waals surface area contributed by atoms with Crippen molar-refractivity contribution in [2.24, 2.45) is 5.92 Å². The van der Waals surface area contributed by atoms with Crippen molar-refractivity contribution in [3.63, 3.8) is 0 Å². The standard InChI is InChI=1S/C24H32N4O2/c1-2-15-25-23(29)18-10-9-16-27(17-18)24(30)22-20-13-7-4-8-14-21(20)28(26-22)19-11-5-3-6-12-19/h3,5-6,11-12,18H,2,4,7-10,13-17H2,1H3,(H,25,29). The highest BCUT2D eigenvalue weighted by molar-refractivity contribution is 5.94. The monoisotopic (exact) mass is 408 g/mol. The van der Waals surface area contributed by atoms with Crippen LogP contribution in [0.1, 0.15) is 67.2 Å². The summed E-state index contributed by atoms with van der Waals surface area (Å²) in [5.74, 6) is -0.0668. The lowest BCUT2D eigenvalue weighted by atomic mass is 9.96. The zero-order valence-corrected chi connectivity index (χ0v) is 17.9. The quantitative estimate of drug-likeness (QED) is 0.770. The molecule has 0 saturated carbocycles. The van der Waals surface area contributed by atoms with Gasteiger partial charge in [0.2, 0.25) is 5.91 Å². The molecule has 1 aromatic heterocycles. The summed E-state index contributed by atoms with van der Waals surface area (Å²) in [5.41, 5.74) is 3.88. The lowest BCUT2D eigenvalue weighted by Crippen LogP contribution is -2.45. The van der Waals surface area contributed by atoms with E-state index in [0.717, 1.165) is 56.2 Å². The van der Waals surface area contributed by atoms with Crippen molar-refractivity contribution < 1.29 is 9.59 Å². The van der Waals surface area contributed by atoms with Crippen LogP contribution in [-0.2, 0) is 17.6 Å². The Hall–Kier alpha value is -2.63. The first-order chi connectivity index (χ1) is 14.7. The van der Waals surface area contributed by atoms with Crippen LogP contribution >= 0.6 is 0 Å². The van der Waals surface area contributed by atoms with Crippen LogP contribution in [0.5, 0.6) is 0 Å². The van der Waals surface area contributed by atoms with Gasteiger partial charge in [0.25, 0.3) is 5.91 Å². The molecule has 1 N–H and O–H groups in total. The summed E-state index contributed by atoms with van der Waals surface area (Å²) >= 11 is 0. The Morgan fingerprint density at radius 2 is 1.90 bits per heavy atom. The summed E-state index contributed by atoms with van der Waals surface area (Å²) < 4.78 is 1.98. The molecule has 1 saturated heterocycles. The number of hydrogen-bond acceptors (Lipinski definition) is 3. The van der Waals surface area contributed by atoms with Gasteiger partial charge in [-0.15, -0.1) is 0 Å². The number of piperidine rings is 1. The van der Waals surface area contributed by atoms with E-state index in [0.29, 0.717) is 25.3 Å². The van der Waals surface area contributed by atoms with Gasteiger partial charge < -0.3 is 10.2 Å². The molecule has 1 fully saturated rings. The Balaban J connectivity index is 1.61. The van der Waals surface area contributed by atoms with Crippen molar-refractivity contribution in [1.29, 1.82) is 0 Å². The van der Waals surface area contributed by atoms with E-state index in [1.807, 2.05) is 46.8 Å². The largest absolute Gasteiger partial charge is 0.356 e. The maximum atomic E-state index is 13.5. The van der Waals surface area contributed by atoms with E-state index in [4.69, 9.17) is 5.10 Å². The summed E-state index contributed by atoms with van der Waals surface area (Å²) in [7, 11) is 0. The maximum Gasteiger partial charge on any atom is 0.274 e. The summed E-state index contributed by atoms with van der Waals surface area (Å²) in [4.78, 5) is 27.8. The number of hydrogen-bond donors (Lipinski definition) is 1. The molecule has 1 atom stereocenters. The van der Waals surface area contributed by atoms with Crippen molar-refractivity contribution in [3.05, 3.63) is 47.3 Å². The lowest BCUT2D eigenvalue weighted by molar-refractivity contribution is -0.126. The van der Waals surface area contributed by atoms with Crippen molar-refractivity contribution in [1.82, 2.24) is 20.0 Å². The number of benzene rings is 1. The molecule has 2 heterocycles. The number of nitrogens with one attached hydrogen (secondary N) is 1. The van der Waals surface area contributed by atoms with Gasteiger partial charge in [0.15, 0.2) is 5.69 Å². The van der Waals surface area contributed by atoms with E-state index in [1.54, 1.807) is 0 Å². The fourth-order valence-electron chi connectivity index (χ4n) is 4.65. The molecule has 0 bridgehead atoms. The van der Waals surface area contributed by atoms with Gasteiger partial charge >= 0.3 is 0 Å². The molecular weight excluding hydrogens is 376 g/mol. The van der Waals surface area contributed by atoms with E-state index in [1.165, 1.54) is 12.1 Å². The topological polar surface area (TPSA) is 67.2 Å². The van der Waals surface area contributed by atoms with Crippen molar-refractivity contribution in [3.8, 4) is 5.69 Å². The minimum absolute atomic E-state index is 0.0178. The number of para-hydroxylation sites is 1. The van der Waals surface area contributed by atoms with Crippen LogP contribution in [0.2, 0.25) is 0 Å². The zero-order chi connectivity index (χ0) is 20.9. The number of nitrogens with zero attached hydrogens (tertiary/aromatic N) is 3. The fraction of sp³-hybridized carbons (Fsp3) is 0.542. The third-order valence-corrected chi connectivity index (χ3v) is 6.26. The number of carbonyl (C=O) groups is 2. The fourth-order valence-corrected chi connectivity index (χ4v) is 4.65. The van der Waals surface area contributed by atoms with Crippen LogP contribution in [-0.4, -0.2) is 46.1 Å². The highest BCUT2D eigenvalue weighted by Gasteiger charge is 2.32. The molecule has 2 amide bonds. The van der Waals surface area contributed by atoms with Crippen LogP contribution in [0.4, 0.5) is 0 Å². The second-order valence-corrected chi connectivity index (χ2v) is 8.46. The van der Waals surface area contributed by atoms with E-state index in [9.17, 15) is 9.59 Å². The first-order valence-electron chi connectivity index (χ1n) is 11.4. The van der Waals surface area contributed by atoms with Gasteiger partial charge in [-0.2, -0.15) is 5.10 Å². The van der Waals surface area contributed by atoms with Gasteiger partial charge in [-0.3, -0.25) is 9.59 Å². The predicted octanol–water partition coefficient (Wildman–Crippen LogP) is 3.52. The molecule has 1 aromatic carbocycles. The normalized spacial score (nSPS) is 19.1. The Morgan fingerprint density at radius 3 is 2.70 bits per heavy atom. The predicted molar refractivity (Wildman–Crippen MR) is 117 cm³/mol. The van der Waals surface area contributed by atoms with Crippen LogP contribution in [0.3, 0.4) is 0 Å². The number of carbonyl (C=O) groups excluding carboxylic acids is 2. The number of aromatic nitrogens is 2. The van der Waals surface area contributed by atoms with Crippen LogP contribution in [0.25, 0.3) is 5.69 Å². The van der Waals surface area contributed by atoms with E-state index in [2.05, 4.69) is 5.32 Å². The number of likely N-dealkylation sites (tertiary alicyclic amines) is 1. The molecule has 0 radical (unpaired) electrons. The molecule has 1 aliphatic heterocycles. The van der Waals surface area contributed by atoms with E-state index >= 15 is 0 Å². The van der Waals surface area contributed by atoms with Gasteiger partial charge in [-0.1, -0.05) is 31.5 Å². The lowest BCUT2D eigenvalue weighted by Gasteiger charge is -2.31. The van der Waals surface area contributed by atoms with Gasteiger partial charge in [0, 0.05) is 30.9 Å². The minimum Gasteiger partial charge on any atom is -0.356 e. The van der Waals surface area contributed by atoms with E-state index in [-0.39, 0.29) is 17.7 Å². The van der Waals surface area contributed by atoms with Gasteiger partial charge in [-0.25, -0.2) is 4.68 Å². The maximum absolute atomic E-state index is 13.5. The molecule has 30 heavy (non-hydrogen) atoms. The molecule has 1 unspecified atom stereocenters. The number of rotatable bonds is 5. The third kappa shape index (κ3) is 4.27. The number of fused-ring (bicyclic) bond motifs is 1. The van der Waals surface area contributed by atoms with E-state index < -0.39 is 0 Å². The Kier molecular flexibility index (Phi) is 6.50. The van der Waals surface area contributed by atoms with Gasteiger partial charge in [0.1, 0.15) is 0 Å².